The minimum absolute atomic E-state index is 0.144. The molecule has 0 spiro atoms. The van der Waals surface area contributed by atoms with E-state index in [1.165, 1.54) is 11.3 Å². The Morgan fingerprint density at radius 1 is 1.55 bits per heavy atom. The predicted octanol–water partition coefficient (Wildman–Crippen LogP) is 1.79. The summed E-state index contributed by atoms with van der Waals surface area (Å²) < 4.78 is 0. The maximum Gasteiger partial charge on any atom is 0.323 e. The van der Waals surface area contributed by atoms with Gasteiger partial charge in [0.1, 0.15) is 16.6 Å². The number of carboxylic acid groups (broad SMARTS) is 1. The van der Waals surface area contributed by atoms with Crippen LogP contribution in [-0.4, -0.2) is 29.1 Å². The van der Waals surface area contributed by atoms with Gasteiger partial charge in [0.25, 0.3) is 0 Å². The van der Waals surface area contributed by atoms with Crippen LogP contribution in [0.4, 0.5) is 5.00 Å². The third kappa shape index (κ3) is 4.05. The Bertz CT molecular complexity index is 535. The Labute approximate surface area is 121 Å². The number of hydrogen-bond donors (Lipinski definition) is 3. The summed E-state index contributed by atoms with van der Waals surface area (Å²) in [4.78, 5) is 22.8. The summed E-state index contributed by atoms with van der Waals surface area (Å²) in [6.07, 6.45) is 0.569. The topological polar surface area (TPSA) is 102 Å². The fourth-order valence-electron chi connectivity index (χ4n) is 1.49. The van der Waals surface area contributed by atoms with Crippen LogP contribution in [-0.2, 0) is 9.59 Å². The summed E-state index contributed by atoms with van der Waals surface area (Å²) >= 11 is 1.28. The van der Waals surface area contributed by atoms with Crippen LogP contribution in [0.25, 0.3) is 0 Å². The molecule has 0 aromatic carbocycles. The first-order valence-electron chi connectivity index (χ1n) is 6.19. The van der Waals surface area contributed by atoms with Gasteiger partial charge in [-0.05, 0) is 24.8 Å². The fraction of sp³-hybridized carbons (Fsp3) is 0.462. The smallest absolute Gasteiger partial charge is 0.323 e. The molecule has 0 aliphatic carbocycles. The molecule has 1 rings (SSSR count). The lowest BCUT2D eigenvalue weighted by Crippen LogP contribution is -2.49. The SMILES string of the molecule is CCC(C)(NCCC(=O)Nc1sccc1C#N)C(=O)O. The first-order valence-corrected chi connectivity index (χ1v) is 7.06. The van der Waals surface area contributed by atoms with Gasteiger partial charge in [-0.2, -0.15) is 5.26 Å². The number of aliphatic carboxylic acids is 1. The first kappa shape index (κ1) is 16.1. The zero-order chi connectivity index (χ0) is 15.2. The van der Waals surface area contributed by atoms with Gasteiger partial charge >= 0.3 is 5.97 Å². The number of amides is 1. The van der Waals surface area contributed by atoms with Crippen LogP contribution in [0, 0.1) is 11.3 Å². The molecule has 0 fully saturated rings. The molecule has 1 aromatic rings. The molecular formula is C13H17N3O3S. The summed E-state index contributed by atoms with van der Waals surface area (Å²) in [5.74, 6) is -1.19. The molecule has 6 nitrogen and oxygen atoms in total. The van der Waals surface area contributed by atoms with Crippen LogP contribution in [0.1, 0.15) is 32.3 Å². The monoisotopic (exact) mass is 295 g/mol. The normalized spacial score (nSPS) is 13.2. The highest BCUT2D eigenvalue weighted by molar-refractivity contribution is 7.14. The van der Waals surface area contributed by atoms with Crippen molar-refractivity contribution >= 4 is 28.2 Å². The van der Waals surface area contributed by atoms with Gasteiger partial charge in [0.15, 0.2) is 0 Å². The second-order valence-electron chi connectivity index (χ2n) is 4.49. The van der Waals surface area contributed by atoms with E-state index in [-0.39, 0.29) is 18.9 Å². The maximum absolute atomic E-state index is 11.7. The minimum Gasteiger partial charge on any atom is -0.480 e. The number of carbonyl (C=O) groups excluding carboxylic acids is 1. The van der Waals surface area contributed by atoms with E-state index in [0.29, 0.717) is 17.0 Å². The maximum atomic E-state index is 11.7. The van der Waals surface area contributed by atoms with E-state index >= 15 is 0 Å². The molecule has 0 saturated carbocycles. The molecular weight excluding hydrogens is 278 g/mol. The Balaban J connectivity index is 2.45. The van der Waals surface area contributed by atoms with Gasteiger partial charge in [0.2, 0.25) is 5.91 Å². The van der Waals surface area contributed by atoms with E-state index in [4.69, 9.17) is 10.4 Å². The van der Waals surface area contributed by atoms with Gasteiger partial charge in [-0.15, -0.1) is 11.3 Å². The second kappa shape index (κ2) is 7.03. The third-order valence-electron chi connectivity index (χ3n) is 3.08. The van der Waals surface area contributed by atoms with Crippen molar-refractivity contribution < 1.29 is 14.7 Å². The predicted molar refractivity (Wildman–Crippen MR) is 76.6 cm³/mol. The molecule has 3 N–H and O–H groups in total. The summed E-state index contributed by atoms with van der Waals surface area (Å²) in [6, 6.07) is 3.62. The first-order chi connectivity index (χ1) is 9.42. The van der Waals surface area contributed by atoms with E-state index in [2.05, 4.69) is 10.6 Å². The van der Waals surface area contributed by atoms with E-state index in [9.17, 15) is 9.59 Å². The number of hydrogen-bond acceptors (Lipinski definition) is 5. The van der Waals surface area contributed by atoms with Crippen LogP contribution in [0.2, 0.25) is 0 Å². The number of thiophene rings is 1. The molecule has 0 radical (unpaired) electrons. The Morgan fingerprint density at radius 2 is 2.25 bits per heavy atom. The van der Waals surface area contributed by atoms with Crippen molar-refractivity contribution in [3.63, 3.8) is 0 Å². The van der Waals surface area contributed by atoms with Crippen LogP contribution < -0.4 is 10.6 Å². The Morgan fingerprint density at radius 3 is 2.80 bits per heavy atom. The number of nitrogens with zero attached hydrogens (tertiary/aromatic N) is 1. The summed E-state index contributed by atoms with van der Waals surface area (Å²) in [5, 5.41) is 25.7. The number of carboxylic acids is 1. The van der Waals surface area contributed by atoms with Gasteiger partial charge in [0, 0.05) is 13.0 Å². The molecule has 0 bridgehead atoms. The summed E-state index contributed by atoms with van der Waals surface area (Å²) in [6.45, 7) is 3.61. The zero-order valence-corrected chi connectivity index (χ0v) is 12.2. The van der Waals surface area contributed by atoms with Crippen LogP contribution >= 0.6 is 11.3 Å². The molecule has 0 aliphatic rings. The second-order valence-corrected chi connectivity index (χ2v) is 5.41. The van der Waals surface area contributed by atoms with Crippen LogP contribution in [0.5, 0.6) is 0 Å². The zero-order valence-electron chi connectivity index (χ0n) is 11.4. The van der Waals surface area contributed by atoms with Gasteiger partial charge in [-0.3, -0.25) is 9.59 Å². The lowest BCUT2D eigenvalue weighted by molar-refractivity contribution is -0.144. The largest absolute Gasteiger partial charge is 0.480 e. The number of nitriles is 1. The molecule has 20 heavy (non-hydrogen) atoms. The van der Waals surface area contributed by atoms with Crippen molar-refractivity contribution in [2.24, 2.45) is 0 Å². The molecule has 0 saturated heterocycles. The Hall–Kier alpha value is -1.91. The summed E-state index contributed by atoms with van der Waals surface area (Å²) in [5.41, 5.74) is -0.596. The lowest BCUT2D eigenvalue weighted by Gasteiger charge is -2.24. The van der Waals surface area contributed by atoms with Crippen molar-refractivity contribution in [1.29, 1.82) is 5.26 Å². The third-order valence-corrected chi connectivity index (χ3v) is 3.91. The molecule has 108 valence electrons. The lowest BCUT2D eigenvalue weighted by atomic mass is 9.99. The van der Waals surface area contributed by atoms with Crippen molar-refractivity contribution in [2.75, 3.05) is 11.9 Å². The highest BCUT2D eigenvalue weighted by Crippen LogP contribution is 2.22. The number of carbonyl (C=O) groups is 2. The van der Waals surface area contributed by atoms with Crippen molar-refractivity contribution in [2.45, 2.75) is 32.2 Å². The average Bonchev–Trinajstić information content (AvgIpc) is 2.85. The van der Waals surface area contributed by atoms with Crippen LogP contribution in [0.3, 0.4) is 0 Å². The van der Waals surface area contributed by atoms with Crippen LogP contribution in [0.15, 0.2) is 11.4 Å². The van der Waals surface area contributed by atoms with Crippen molar-refractivity contribution in [3.05, 3.63) is 17.0 Å². The number of nitrogens with one attached hydrogen (secondary N) is 2. The van der Waals surface area contributed by atoms with E-state index in [1.807, 2.05) is 6.07 Å². The highest BCUT2D eigenvalue weighted by atomic mass is 32.1. The quantitative estimate of drug-likeness (QED) is 0.711. The Kier molecular flexibility index (Phi) is 5.67. The molecule has 1 heterocycles. The molecule has 1 unspecified atom stereocenters. The highest BCUT2D eigenvalue weighted by Gasteiger charge is 2.30. The van der Waals surface area contributed by atoms with Crippen molar-refractivity contribution in [1.82, 2.24) is 5.32 Å². The fourth-order valence-corrected chi connectivity index (χ4v) is 2.24. The molecule has 0 aliphatic heterocycles. The van der Waals surface area contributed by atoms with E-state index < -0.39 is 11.5 Å². The number of rotatable bonds is 7. The molecule has 1 amide bonds. The molecule has 7 heteroatoms. The van der Waals surface area contributed by atoms with E-state index in [0.717, 1.165) is 0 Å². The van der Waals surface area contributed by atoms with Gasteiger partial charge in [-0.25, -0.2) is 0 Å². The van der Waals surface area contributed by atoms with Crippen molar-refractivity contribution in [3.8, 4) is 6.07 Å². The van der Waals surface area contributed by atoms with Gasteiger partial charge < -0.3 is 15.7 Å². The van der Waals surface area contributed by atoms with Gasteiger partial charge in [-0.1, -0.05) is 6.92 Å². The average molecular weight is 295 g/mol. The molecule has 1 atom stereocenters. The van der Waals surface area contributed by atoms with E-state index in [1.54, 1.807) is 25.3 Å². The standard InChI is InChI=1S/C13H17N3O3S/c1-3-13(2,12(18)19)15-6-4-10(17)16-11-9(8-14)5-7-20-11/h5,7,15H,3-4,6H2,1-2H3,(H,16,17)(H,18,19). The van der Waals surface area contributed by atoms with Gasteiger partial charge in [0.05, 0.1) is 5.56 Å². The molecule has 1 aromatic heterocycles. The number of anilines is 1. The summed E-state index contributed by atoms with van der Waals surface area (Å²) in [7, 11) is 0. The minimum atomic E-state index is -1.03.